The Morgan fingerprint density at radius 3 is 2.16 bits per heavy atom. The molecule has 63 heavy (non-hydrogen) atoms. The Morgan fingerprint density at radius 1 is 0.873 bits per heavy atom. The van der Waals surface area contributed by atoms with E-state index in [0.717, 1.165) is 19.3 Å². The van der Waals surface area contributed by atoms with E-state index in [1.165, 1.54) is 72.3 Å². The number of Topliss-reactive ketones (excluding diaryl/α,β-unsaturated/α-hetero) is 1. The number of esters is 1. The van der Waals surface area contributed by atoms with Gasteiger partial charge in [-0.2, -0.15) is 0 Å². The number of hydrogen-bond donors (Lipinski definition) is 6. The summed E-state index contributed by atoms with van der Waals surface area (Å²) in [5, 5.41) is 61.8. The molecule has 14 nitrogen and oxygen atoms in total. The van der Waals surface area contributed by atoms with Gasteiger partial charge in [0, 0.05) is 74.2 Å². The minimum Gasteiger partial charge on any atom is -0.507 e. The molecule has 1 aliphatic carbocycles. The van der Waals surface area contributed by atoms with E-state index in [4.69, 9.17) is 18.9 Å². The maximum Gasteiger partial charge on any atom is 0.312 e. The number of allylic oxidation sites excluding steroid dienone is 2. The van der Waals surface area contributed by atoms with Crippen LogP contribution in [0.1, 0.15) is 116 Å². The maximum absolute atomic E-state index is 14.6. The van der Waals surface area contributed by atoms with Crippen LogP contribution in [0.4, 0.5) is 11.4 Å². The summed E-state index contributed by atoms with van der Waals surface area (Å²) in [6.45, 7) is 13.8. The van der Waals surface area contributed by atoms with Crippen molar-refractivity contribution in [2.24, 2.45) is 35.5 Å². The van der Waals surface area contributed by atoms with E-state index in [9.17, 15) is 39.9 Å². The maximum atomic E-state index is 14.6. The van der Waals surface area contributed by atoms with Gasteiger partial charge in [-0.15, -0.1) is 0 Å². The molecule has 2 aromatic carbocycles. The zero-order chi connectivity index (χ0) is 46.1. The number of nitrogens with zero attached hydrogens (tertiary/aromatic N) is 1. The summed E-state index contributed by atoms with van der Waals surface area (Å²) in [5.41, 5.74) is 0.226. The molecule has 9 atom stereocenters. The number of ether oxygens (including phenoxy) is 4. The van der Waals surface area contributed by atoms with E-state index >= 15 is 0 Å². The monoisotopic (exact) mass is 876 g/mol. The number of fused-ring (bicyclic) bond motifs is 14. The lowest BCUT2D eigenvalue weighted by Crippen LogP contribution is -2.46. The molecule has 1 saturated heterocycles. The SMILES string of the molecule is CO[C@H]1C=CO[C@@]2(C)Oc3c(C)c(O)c4c(O)c(c(N5CCC(CC6CCCCC6)CC5)c(O)c4c3C2=O)NC(=O)/C(C)=C\C=C/[C@H](C)[C@H](O)[C@@H](C)[C@@H](O)[C@@H](C)[C@H](OC(C)=O)[C@@H]1C. The Hall–Kier alpha value is -4.79. The number of aliphatic hydroxyl groups is 2. The Bertz CT molecular complexity index is 2130. The molecule has 5 aliphatic rings. The summed E-state index contributed by atoms with van der Waals surface area (Å²) >= 11 is 0. The molecule has 2 aromatic rings. The van der Waals surface area contributed by atoms with Crippen molar-refractivity contribution in [3.63, 3.8) is 0 Å². The summed E-state index contributed by atoms with van der Waals surface area (Å²) < 4.78 is 23.9. The third-order valence-electron chi connectivity index (χ3n) is 14.3. The number of nitrogens with one attached hydrogen (secondary N) is 1. The van der Waals surface area contributed by atoms with Gasteiger partial charge in [-0.1, -0.05) is 78.0 Å². The zero-order valence-corrected chi connectivity index (χ0v) is 38.3. The molecule has 0 spiro atoms. The number of hydrogen-bond acceptors (Lipinski definition) is 13. The van der Waals surface area contributed by atoms with Crippen LogP contribution in [-0.2, 0) is 23.8 Å². The minimum atomic E-state index is -2.01. The molecule has 0 unspecified atom stereocenters. The number of phenolic OH excluding ortho intramolecular Hbond substituents is 3. The molecule has 1 amide bonds. The molecule has 0 aromatic heterocycles. The zero-order valence-electron chi connectivity index (χ0n) is 38.3. The first-order valence-electron chi connectivity index (χ1n) is 22.6. The van der Waals surface area contributed by atoms with Gasteiger partial charge in [0.15, 0.2) is 5.75 Å². The van der Waals surface area contributed by atoms with Crippen molar-refractivity contribution in [2.45, 2.75) is 137 Å². The van der Waals surface area contributed by atoms with Crippen LogP contribution in [0.15, 0.2) is 36.1 Å². The number of piperidine rings is 1. The smallest absolute Gasteiger partial charge is 0.312 e. The highest BCUT2D eigenvalue weighted by molar-refractivity contribution is 6.23. The first-order chi connectivity index (χ1) is 29.8. The number of carbonyl (C=O) groups excluding carboxylic acids is 3. The van der Waals surface area contributed by atoms with Crippen molar-refractivity contribution >= 4 is 39.8 Å². The summed E-state index contributed by atoms with van der Waals surface area (Å²) in [7, 11) is 1.46. The lowest BCUT2D eigenvalue weighted by molar-refractivity contribution is -0.160. The van der Waals surface area contributed by atoms with E-state index in [1.807, 2.05) is 4.90 Å². The second kappa shape index (κ2) is 19.5. The van der Waals surface area contributed by atoms with E-state index < -0.39 is 88.8 Å². The molecule has 5 bridgehead atoms. The van der Waals surface area contributed by atoms with Gasteiger partial charge in [0.2, 0.25) is 0 Å². The van der Waals surface area contributed by atoms with Crippen LogP contribution in [0.5, 0.6) is 23.0 Å². The van der Waals surface area contributed by atoms with Gasteiger partial charge in [-0.05, 0) is 51.0 Å². The number of ketones is 1. The summed E-state index contributed by atoms with van der Waals surface area (Å²) in [4.78, 5) is 42.9. The first kappa shape index (κ1) is 47.7. The van der Waals surface area contributed by atoms with Crippen molar-refractivity contribution in [2.75, 3.05) is 30.4 Å². The molecule has 0 radical (unpaired) electrons. The summed E-state index contributed by atoms with van der Waals surface area (Å²) in [6, 6.07) is 0. The number of methoxy groups -OCH3 is 1. The summed E-state index contributed by atoms with van der Waals surface area (Å²) in [6.07, 6.45) is 12.9. The fourth-order valence-electron chi connectivity index (χ4n) is 10.3. The third-order valence-corrected chi connectivity index (χ3v) is 14.3. The van der Waals surface area contributed by atoms with Crippen LogP contribution in [0.2, 0.25) is 0 Å². The molecule has 4 aliphatic heterocycles. The van der Waals surface area contributed by atoms with Crippen LogP contribution >= 0.6 is 0 Å². The molecule has 14 heteroatoms. The van der Waals surface area contributed by atoms with Gasteiger partial charge < -0.3 is 54.7 Å². The fourth-order valence-corrected chi connectivity index (χ4v) is 10.3. The van der Waals surface area contributed by atoms with Gasteiger partial charge in [0.1, 0.15) is 34.7 Å². The van der Waals surface area contributed by atoms with Crippen molar-refractivity contribution in [3.05, 3.63) is 47.3 Å². The topological polar surface area (TPSA) is 205 Å². The quantitative estimate of drug-likeness (QED) is 0.0961. The molecular weight excluding hydrogens is 809 g/mol. The van der Waals surface area contributed by atoms with Gasteiger partial charge in [-0.3, -0.25) is 14.4 Å². The number of phenols is 3. The van der Waals surface area contributed by atoms with E-state index in [1.54, 1.807) is 52.8 Å². The Balaban J connectivity index is 1.48. The molecule has 2 fully saturated rings. The lowest BCUT2D eigenvalue weighted by Gasteiger charge is -2.38. The van der Waals surface area contributed by atoms with Gasteiger partial charge in [-0.25, -0.2) is 0 Å². The van der Waals surface area contributed by atoms with Gasteiger partial charge >= 0.3 is 11.8 Å². The normalized spacial score (nSPS) is 31.9. The highest BCUT2D eigenvalue weighted by atomic mass is 16.7. The third kappa shape index (κ3) is 9.54. The molecule has 1 saturated carbocycles. The molecule has 346 valence electrons. The number of aromatic hydroxyl groups is 3. The largest absolute Gasteiger partial charge is 0.507 e. The fraction of sp³-hybridized carbons (Fsp3) is 0.612. The Morgan fingerprint density at radius 2 is 1.52 bits per heavy atom. The van der Waals surface area contributed by atoms with Crippen molar-refractivity contribution in [1.29, 1.82) is 0 Å². The molecule has 4 heterocycles. The van der Waals surface area contributed by atoms with Crippen LogP contribution < -0.4 is 15.0 Å². The summed E-state index contributed by atoms with van der Waals surface area (Å²) in [5.74, 6) is -6.58. The molecule has 7 rings (SSSR count). The first-order valence-corrected chi connectivity index (χ1v) is 22.6. The van der Waals surface area contributed by atoms with Crippen molar-refractivity contribution < 1.29 is 58.9 Å². The highest BCUT2D eigenvalue weighted by Crippen LogP contribution is 2.58. The lowest BCUT2D eigenvalue weighted by atomic mass is 9.78. The standard InChI is InChI=1S/C49H68N2O12/c1-25-14-13-15-26(2)48(59)50-38-39(51-21-18-33(19-22-51)24-32-16-11-10-12-17-32)44(57)35-36(43(38)56)42(55)30(6)46-37(35)47(58)49(8,63-46)61-23-20-34(60-9)27(3)45(62-31(7)52)29(5)41(54)28(4)40(25)53/h13-15,20,23,25,27-29,32-34,40-41,45,53-57H,10-12,16-19,21-22,24H2,1-9H3,(H,50,59)/b14-13-,23-20?,26-15-/t25-,27+,28+,29+,34-,40-,41+,45+,49-/m0/s1. The van der Waals surface area contributed by atoms with E-state index in [2.05, 4.69) is 5.32 Å². The second-order valence-corrected chi connectivity index (χ2v) is 18.7. The van der Waals surface area contributed by atoms with Gasteiger partial charge in [0.05, 0.1) is 35.5 Å². The average Bonchev–Trinajstić information content (AvgIpc) is 3.52. The minimum absolute atomic E-state index is 0.0412. The number of amides is 1. The molecular formula is C49H68N2O12. The average molecular weight is 877 g/mol. The number of rotatable bonds is 5. The van der Waals surface area contributed by atoms with Crippen LogP contribution in [0, 0.1) is 42.4 Å². The highest BCUT2D eigenvalue weighted by Gasteiger charge is 2.50. The van der Waals surface area contributed by atoms with E-state index in [-0.39, 0.29) is 44.6 Å². The van der Waals surface area contributed by atoms with Crippen LogP contribution in [0.3, 0.4) is 0 Å². The van der Waals surface area contributed by atoms with Gasteiger partial charge in [0.25, 0.3) is 11.7 Å². The number of benzene rings is 2. The Kier molecular flexibility index (Phi) is 14.8. The van der Waals surface area contributed by atoms with Crippen LogP contribution in [0.25, 0.3) is 10.8 Å². The second-order valence-electron chi connectivity index (χ2n) is 18.7. The van der Waals surface area contributed by atoms with Crippen molar-refractivity contribution in [3.8, 4) is 23.0 Å². The predicted molar refractivity (Wildman–Crippen MR) is 240 cm³/mol. The number of carbonyl (C=O) groups is 3. The number of aliphatic hydroxyl groups excluding tert-OH is 2. The Labute approximate surface area is 370 Å². The van der Waals surface area contributed by atoms with Crippen molar-refractivity contribution in [1.82, 2.24) is 0 Å². The predicted octanol–water partition coefficient (Wildman–Crippen LogP) is 7.94. The number of anilines is 2. The van der Waals surface area contributed by atoms with Crippen LogP contribution in [-0.4, -0.2) is 93.6 Å². The van der Waals surface area contributed by atoms with E-state index in [0.29, 0.717) is 24.9 Å². The molecule has 6 N–H and O–H groups in total.